The summed E-state index contributed by atoms with van der Waals surface area (Å²) < 4.78 is 11.5. The molecule has 0 saturated carbocycles. The number of hydrogen-bond acceptors (Lipinski definition) is 3. The molecule has 1 N–H and O–H groups in total. The summed E-state index contributed by atoms with van der Waals surface area (Å²) in [7, 11) is 0. The standard InChI is InChI=1S/C23H31NO3/c1-16-7-8-17(2)21(15-16)27-18(3)22(25)24-13-14-26-20-11-9-19(10-12-20)23(4,5)6/h7-12,15,18H,13-14H2,1-6H3,(H,24,25). The topological polar surface area (TPSA) is 47.6 Å². The molecule has 27 heavy (non-hydrogen) atoms. The molecule has 4 heteroatoms. The van der Waals surface area contributed by atoms with Gasteiger partial charge in [-0.2, -0.15) is 0 Å². The van der Waals surface area contributed by atoms with E-state index in [9.17, 15) is 4.79 Å². The van der Waals surface area contributed by atoms with E-state index in [1.54, 1.807) is 6.92 Å². The number of hydrogen-bond donors (Lipinski definition) is 1. The fourth-order valence-corrected chi connectivity index (χ4v) is 2.62. The summed E-state index contributed by atoms with van der Waals surface area (Å²) in [5, 5.41) is 2.85. The fraction of sp³-hybridized carbons (Fsp3) is 0.435. The normalized spacial score (nSPS) is 12.4. The van der Waals surface area contributed by atoms with Gasteiger partial charge in [0.2, 0.25) is 0 Å². The maximum atomic E-state index is 12.2. The maximum Gasteiger partial charge on any atom is 0.260 e. The van der Waals surface area contributed by atoms with Crippen molar-refractivity contribution in [1.82, 2.24) is 5.32 Å². The summed E-state index contributed by atoms with van der Waals surface area (Å²) in [6.45, 7) is 13.1. The first-order chi connectivity index (χ1) is 12.7. The van der Waals surface area contributed by atoms with Crippen molar-refractivity contribution in [2.75, 3.05) is 13.2 Å². The van der Waals surface area contributed by atoms with E-state index in [2.05, 4.69) is 38.2 Å². The lowest BCUT2D eigenvalue weighted by Crippen LogP contribution is -2.38. The lowest BCUT2D eigenvalue weighted by molar-refractivity contribution is -0.127. The Bertz CT molecular complexity index is 760. The van der Waals surface area contributed by atoms with Crippen LogP contribution < -0.4 is 14.8 Å². The van der Waals surface area contributed by atoms with E-state index in [0.717, 1.165) is 22.6 Å². The molecular weight excluding hydrogens is 338 g/mol. The second-order valence-electron chi connectivity index (χ2n) is 7.94. The molecule has 4 nitrogen and oxygen atoms in total. The second kappa shape index (κ2) is 8.94. The number of benzene rings is 2. The molecule has 0 aliphatic carbocycles. The predicted octanol–water partition coefficient (Wildman–Crippen LogP) is 4.56. The van der Waals surface area contributed by atoms with Crippen LogP contribution in [0.25, 0.3) is 0 Å². The highest BCUT2D eigenvalue weighted by molar-refractivity contribution is 5.80. The van der Waals surface area contributed by atoms with Crippen molar-refractivity contribution in [2.24, 2.45) is 0 Å². The van der Waals surface area contributed by atoms with Gasteiger partial charge in [0.25, 0.3) is 5.91 Å². The van der Waals surface area contributed by atoms with E-state index in [-0.39, 0.29) is 11.3 Å². The Hall–Kier alpha value is -2.49. The number of carbonyl (C=O) groups is 1. The minimum absolute atomic E-state index is 0.123. The van der Waals surface area contributed by atoms with Crippen LogP contribution in [0.1, 0.15) is 44.4 Å². The average Bonchev–Trinajstić information content (AvgIpc) is 2.61. The highest BCUT2D eigenvalue weighted by atomic mass is 16.5. The highest BCUT2D eigenvalue weighted by Gasteiger charge is 2.15. The lowest BCUT2D eigenvalue weighted by Gasteiger charge is -2.19. The summed E-state index contributed by atoms with van der Waals surface area (Å²) in [6.07, 6.45) is -0.559. The van der Waals surface area contributed by atoms with Crippen LogP contribution in [0.3, 0.4) is 0 Å². The molecule has 2 aromatic rings. The zero-order chi connectivity index (χ0) is 20.0. The molecule has 0 saturated heterocycles. The Morgan fingerprint density at radius 1 is 1.07 bits per heavy atom. The summed E-state index contributed by atoms with van der Waals surface area (Å²) in [6, 6.07) is 14.1. The van der Waals surface area contributed by atoms with Gasteiger partial charge in [-0.25, -0.2) is 0 Å². The average molecular weight is 370 g/mol. The van der Waals surface area contributed by atoms with Crippen LogP contribution in [-0.4, -0.2) is 25.2 Å². The molecule has 0 radical (unpaired) electrons. The molecule has 1 amide bonds. The van der Waals surface area contributed by atoms with Crippen LogP contribution in [0.2, 0.25) is 0 Å². The zero-order valence-electron chi connectivity index (χ0n) is 17.3. The Labute approximate surface area is 162 Å². The van der Waals surface area contributed by atoms with Gasteiger partial charge in [-0.1, -0.05) is 45.0 Å². The molecule has 0 aliphatic rings. The third-order valence-electron chi connectivity index (χ3n) is 4.41. The van der Waals surface area contributed by atoms with Gasteiger partial charge in [0, 0.05) is 0 Å². The molecule has 0 fully saturated rings. The first-order valence-corrected chi connectivity index (χ1v) is 9.42. The number of amides is 1. The van der Waals surface area contributed by atoms with Crippen molar-refractivity contribution in [2.45, 2.75) is 53.1 Å². The van der Waals surface area contributed by atoms with E-state index in [0.29, 0.717) is 13.2 Å². The smallest absolute Gasteiger partial charge is 0.260 e. The van der Waals surface area contributed by atoms with Gasteiger partial charge in [0.15, 0.2) is 6.10 Å². The van der Waals surface area contributed by atoms with Crippen molar-refractivity contribution in [1.29, 1.82) is 0 Å². The molecule has 0 aliphatic heterocycles. The number of rotatable bonds is 7. The van der Waals surface area contributed by atoms with Gasteiger partial charge in [0.05, 0.1) is 6.54 Å². The molecule has 2 rings (SSSR count). The molecule has 2 aromatic carbocycles. The van der Waals surface area contributed by atoms with E-state index in [1.165, 1.54) is 5.56 Å². The molecule has 0 heterocycles. The summed E-state index contributed by atoms with van der Waals surface area (Å²) >= 11 is 0. The van der Waals surface area contributed by atoms with Gasteiger partial charge < -0.3 is 14.8 Å². The Morgan fingerprint density at radius 2 is 1.74 bits per heavy atom. The third-order valence-corrected chi connectivity index (χ3v) is 4.41. The number of aryl methyl sites for hydroxylation is 2. The molecule has 0 aromatic heterocycles. The molecular formula is C23H31NO3. The van der Waals surface area contributed by atoms with Crippen LogP contribution in [0.5, 0.6) is 11.5 Å². The quantitative estimate of drug-likeness (QED) is 0.728. The summed E-state index contributed by atoms with van der Waals surface area (Å²) in [5.41, 5.74) is 3.51. The zero-order valence-corrected chi connectivity index (χ0v) is 17.3. The van der Waals surface area contributed by atoms with Gasteiger partial charge >= 0.3 is 0 Å². The predicted molar refractivity (Wildman–Crippen MR) is 110 cm³/mol. The van der Waals surface area contributed by atoms with Crippen molar-refractivity contribution in [3.8, 4) is 11.5 Å². The van der Waals surface area contributed by atoms with Gasteiger partial charge in [-0.05, 0) is 61.1 Å². The minimum Gasteiger partial charge on any atom is -0.492 e. The molecule has 1 unspecified atom stereocenters. The van der Waals surface area contributed by atoms with Crippen molar-refractivity contribution in [3.63, 3.8) is 0 Å². The molecule has 1 atom stereocenters. The summed E-state index contributed by atoms with van der Waals surface area (Å²) in [5.74, 6) is 1.40. The number of carbonyl (C=O) groups excluding carboxylic acids is 1. The lowest BCUT2D eigenvalue weighted by atomic mass is 9.87. The van der Waals surface area contributed by atoms with E-state index >= 15 is 0 Å². The van der Waals surface area contributed by atoms with Gasteiger partial charge in [-0.3, -0.25) is 4.79 Å². The number of ether oxygens (including phenoxy) is 2. The Morgan fingerprint density at radius 3 is 2.37 bits per heavy atom. The maximum absolute atomic E-state index is 12.2. The van der Waals surface area contributed by atoms with Crippen molar-refractivity contribution in [3.05, 3.63) is 59.2 Å². The van der Waals surface area contributed by atoms with Gasteiger partial charge in [0.1, 0.15) is 18.1 Å². The van der Waals surface area contributed by atoms with Gasteiger partial charge in [-0.15, -0.1) is 0 Å². The van der Waals surface area contributed by atoms with E-state index < -0.39 is 6.10 Å². The fourth-order valence-electron chi connectivity index (χ4n) is 2.62. The van der Waals surface area contributed by atoms with Crippen LogP contribution in [-0.2, 0) is 10.2 Å². The van der Waals surface area contributed by atoms with Crippen molar-refractivity contribution < 1.29 is 14.3 Å². The first-order valence-electron chi connectivity index (χ1n) is 9.42. The monoisotopic (exact) mass is 369 g/mol. The van der Waals surface area contributed by atoms with E-state index in [4.69, 9.17) is 9.47 Å². The Balaban J connectivity index is 1.76. The van der Waals surface area contributed by atoms with E-state index in [1.807, 2.05) is 44.2 Å². The van der Waals surface area contributed by atoms with Crippen LogP contribution in [0, 0.1) is 13.8 Å². The van der Waals surface area contributed by atoms with Crippen LogP contribution in [0.4, 0.5) is 0 Å². The largest absolute Gasteiger partial charge is 0.492 e. The first kappa shape index (κ1) is 20.8. The van der Waals surface area contributed by atoms with Crippen LogP contribution >= 0.6 is 0 Å². The third kappa shape index (κ3) is 6.31. The Kier molecular flexibility index (Phi) is 6.89. The summed E-state index contributed by atoms with van der Waals surface area (Å²) in [4.78, 5) is 12.2. The van der Waals surface area contributed by atoms with Crippen LogP contribution in [0.15, 0.2) is 42.5 Å². The molecule has 0 spiro atoms. The minimum atomic E-state index is -0.559. The molecule has 146 valence electrons. The highest BCUT2D eigenvalue weighted by Crippen LogP contribution is 2.24. The number of nitrogens with one attached hydrogen (secondary N) is 1. The molecule has 0 bridgehead atoms. The van der Waals surface area contributed by atoms with Crippen molar-refractivity contribution >= 4 is 5.91 Å². The second-order valence-corrected chi connectivity index (χ2v) is 7.94. The SMILES string of the molecule is Cc1ccc(C)c(OC(C)C(=O)NCCOc2ccc(C(C)(C)C)cc2)c1.